The maximum absolute atomic E-state index is 6.43. The van der Waals surface area contributed by atoms with E-state index in [1.54, 1.807) is 0 Å². The van der Waals surface area contributed by atoms with Crippen LogP contribution in [-0.4, -0.2) is 4.57 Å². The van der Waals surface area contributed by atoms with Gasteiger partial charge in [-0.15, -0.1) is 0 Å². The molecule has 3 heteroatoms. The van der Waals surface area contributed by atoms with Gasteiger partial charge in [-0.2, -0.15) is 0 Å². The molecule has 10 aromatic rings. The van der Waals surface area contributed by atoms with Crippen LogP contribution in [0.3, 0.4) is 0 Å². The van der Waals surface area contributed by atoms with E-state index in [1.165, 1.54) is 55.2 Å². The van der Waals surface area contributed by atoms with Crippen molar-refractivity contribution in [3.05, 3.63) is 193 Å². The number of anilines is 3. The lowest BCUT2D eigenvalue weighted by Crippen LogP contribution is -2.16. The number of nitrogens with zero attached hydrogens (tertiary/aromatic N) is 2. The number of furan rings is 1. The second-order valence-corrected chi connectivity index (χ2v) is 14.9. The first-order chi connectivity index (χ1) is 26.6. The van der Waals surface area contributed by atoms with Gasteiger partial charge in [-0.1, -0.05) is 135 Å². The molecule has 0 bridgehead atoms. The number of rotatable bonds is 5. The molecule has 3 nitrogen and oxygen atoms in total. The van der Waals surface area contributed by atoms with E-state index in [-0.39, 0.29) is 5.41 Å². The molecule has 0 atom stereocenters. The Morgan fingerprint density at radius 2 is 1.02 bits per heavy atom. The Bertz CT molecular complexity index is 3020. The van der Waals surface area contributed by atoms with Crippen LogP contribution in [0.2, 0.25) is 0 Å². The first-order valence-electron chi connectivity index (χ1n) is 18.7. The summed E-state index contributed by atoms with van der Waals surface area (Å²) in [5.41, 5.74) is 16.2. The lowest BCUT2D eigenvalue weighted by atomic mass is 9.82. The molecule has 1 aliphatic rings. The van der Waals surface area contributed by atoms with Crippen molar-refractivity contribution in [1.82, 2.24) is 4.57 Å². The van der Waals surface area contributed by atoms with Gasteiger partial charge in [0.25, 0.3) is 0 Å². The van der Waals surface area contributed by atoms with Gasteiger partial charge in [0.05, 0.1) is 27.8 Å². The van der Waals surface area contributed by atoms with E-state index in [4.69, 9.17) is 4.42 Å². The molecule has 54 heavy (non-hydrogen) atoms. The second kappa shape index (κ2) is 11.6. The molecule has 256 valence electrons. The lowest BCUT2D eigenvalue weighted by molar-refractivity contribution is 0.660. The van der Waals surface area contributed by atoms with Gasteiger partial charge in [0.1, 0.15) is 11.2 Å². The summed E-state index contributed by atoms with van der Waals surface area (Å²) in [6, 6.07) is 65.8. The highest BCUT2D eigenvalue weighted by molar-refractivity contribution is 6.14. The zero-order chi connectivity index (χ0) is 36.0. The lowest BCUT2D eigenvalue weighted by Gasteiger charge is -2.29. The highest BCUT2D eigenvalue weighted by atomic mass is 16.3. The highest BCUT2D eigenvalue weighted by Crippen LogP contribution is 2.55. The average molecular weight is 693 g/mol. The van der Waals surface area contributed by atoms with Crippen molar-refractivity contribution in [3.63, 3.8) is 0 Å². The van der Waals surface area contributed by atoms with Crippen LogP contribution in [0.1, 0.15) is 25.0 Å². The Kier molecular flexibility index (Phi) is 6.60. The predicted octanol–water partition coefficient (Wildman–Crippen LogP) is 14.1. The highest BCUT2D eigenvalue weighted by Gasteiger charge is 2.38. The molecule has 1 aliphatic carbocycles. The molecule has 0 N–H and O–H groups in total. The Labute approximate surface area is 314 Å². The van der Waals surface area contributed by atoms with Gasteiger partial charge < -0.3 is 13.9 Å². The molecule has 0 fully saturated rings. The fourth-order valence-electron chi connectivity index (χ4n) is 9.08. The molecule has 0 aliphatic heterocycles. The fourth-order valence-corrected chi connectivity index (χ4v) is 9.08. The molecule has 0 saturated carbocycles. The summed E-state index contributed by atoms with van der Waals surface area (Å²) in [6.45, 7) is 4.69. The zero-order valence-corrected chi connectivity index (χ0v) is 30.1. The number of benzene rings is 8. The largest absolute Gasteiger partial charge is 0.456 e. The van der Waals surface area contributed by atoms with E-state index in [2.05, 4.69) is 199 Å². The van der Waals surface area contributed by atoms with Crippen LogP contribution in [0.5, 0.6) is 0 Å². The number of hydrogen-bond donors (Lipinski definition) is 0. The van der Waals surface area contributed by atoms with Crippen LogP contribution < -0.4 is 4.90 Å². The predicted molar refractivity (Wildman–Crippen MR) is 226 cm³/mol. The summed E-state index contributed by atoms with van der Waals surface area (Å²) in [7, 11) is 0. The van der Waals surface area contributed by atoms with E-state index in [0.717, 1.165) is 44.7 Å². The first-order valence-corrected chi connectivity index (χ1v) is 18.7. The van der Waals surface area contributed by atoms with Crippen LogP contribution in [0, 0.1) is 0 Å². The summed E-state index contributed by atoms with van der Waals surface area (Å²) in [5.74, 6) is 0. The molecule has 0 radical (unpaired) electrons. The number of fused-ring (bicyclic) bond motifs is 9. The van der Waals surface area contributed by atoms with Crippen LogP contribution in [0.15, 0.2) is 186 Å². The maximum atomic E-state index is 6.43. The number of para-hydroxylation sites is 3. The van der Waals surface area contributed by atoms with Crippen molar-refractivity contribution in [1.29, 1.82) is 0 Å². The van der Waals surface area contributed by atoms with Crippen molar-refractivity contribution >= 4 is 60.8 Å². The minimum Gasteiger partial charge on any atom is -0.456 e. The van der Waals surface area contributed by atoms with Crippen molar-refractivity contribution in [2.24, 2.45) is 0 Å². The molecule has 2 aromatic heterocycles. The molecule has 0 amide bonds. The third-order valence-corrected chi connectivity index (χ3v) is 11.6. The molecule has 11 rings (SSSR count). The van der Waals surface area contributed by atoms with Gasteiger partial charge in [0.15, 0.2) is 0 Å². The molecular formula is C51H36N2O. The smallest absolute Gasteiger partial charge is 0.137 e. The van der Waals surface area contributed by atoms with Gasteiger partial charge in [-0.3, -0.25) is 0 Å². The van der Waals surface area contributed by atoms with E-state index in [0.29, 0.717) is 0 Å². The van der Waals surface area contributed by atoms with Gasteiger partial charge in [-0.05, 0) is 88.5 Å². The second-order valence-electron chi connectivity index (χ2n) is 14.9. The molecule has 0 unspecified atom stereocenters. The van der Waals surface area contributed by atoms with Crippen molar-refractivity contribution in [2.75, 3.05) is 4.90 Å². The van der Waals surface area contributed by atoms with Crippen LogP contribution >= 0.6 is 0 Å². The van der Waals surface area contributed by atoms with E-state index in [9.17, 15) is 0 Å². The SMILES string of the molecule is CC1(C)c2ccccc2-c2c(N(c3ccc(-c4ccc(-n5c6ccccc6c6ccccc65)cc4)cc3)c3cccc4oc5ccccc5c34)cccc21. The Morgan fingerprint density at radius 3 is 1.76 bits per heavy atom. The van der Waals surface area contributed by atoms with E-state index < -0.39 is 0 Å². The van der Waals surface area contributed by atoms with Gasteiger partial charge in [0.2, 0.25) is 0 Å². The summed E-state index contributed by atoms with van der Waals surface area (Å²) in [5, 5.41) is 4.77. The topological polar surface area (TPSA) is 21.3 Å². The fraction of sp³-hybridized carbons (Fsp3) is 0.0588. The average Bonchev–Trinajstić information content (AvgIpc) is 3.85. The van der Waals surface area contributed by atoms with Crippen LogP contribution in [-0.2, 0) is 5.41 Å². The van der Waals surface area contributed by atoms with Crippen molar-refractivity contribution < 1.29 is 4.42 Å². The summed E-state index contributed by atoms with van der Waals surface area (Å²) in [4.78, 5) is 2.44. The molecule has 0 saturated heterocycles. The Morgan fingerprint density at radius 1 is 0.463 bits per heavy atom. The Balaban J connectivity index is 1.06. The normalized spacial score (nSPS) is 13.1. The molecule has 0 spiro atoms. The van der Waals surface area contributed by atoms with E-state index in [1.807, 2.05) is 6.07 Å². The molecule has 8 aromatic carbocycles. The molecular weight excluding hydrogens is 657 g/mol. The van der Waals surface area contributed by atoms with Crippen LogP contribution in [0.4, 0.5) is 17.1 Å². The van der Waals surface area contributed by atoms with Gasteiger partial charge >= 0.3 is 0 Å². The standard InChI is InChI=1S/C51H36N2O/c1-51(2)41-17-7-3-15-39(41)49-42(51)18-11-21-45(49)53(46-22-12-24-48-50(46)40-16-6-10-23-47(40)54-48)36-31-27-34(28-32-36)33-25-29-35(30-26-33)52-43-19-8-4-13-37(43)38-14-5-9-20-44(38)52/h3-32H,1-2H3. The zero-order valence-electron chi connectivity index (χ0n) is 30.1. The number of aromatic nitrogens is 1. The third kappa shape index (κ3) is 4.42. The van der Waals surface area contributed by atoms with Crippen LogP contribution in [0.25, 0.3) is 71.7 Å². The number of hydrogen-bond acceptors (Lipinski definition) is 2. The summed E-state index contributed by atoms with van der Waals surface area (Å²) < 4.78 is 8.80. The van der Waals surface area contributed by atoms with Gasteiger partial charge in [0, 0.05) is 38.5 Å². The quantitative estimate of drug-likeness (QED) is 0.179. The minimum atomic E-state index is -0.114. The Hall–Kier alpha value is -6.84. The van der Waals surface area contributed by atoms with E-state index >= 15 is 0 Å². The van der Waals surface area contributed by atoms with Gasteiger partial charge in [-0.25, -0.2) is 0 Å². The maximum Gasteiger partial charge on any atom is 0.137 e. The van der Waals surface area contributed by atoms with Crippen molar-refractivity contribution in [3.8, 4) is 27.9 Å². The summed E-state index contributed by atoms with van der Waals surface area (Å²) in [6.07, 6.45) is 0. The third-order valence-electron chi connectivity index (χ3n) is 11.6. The first kappa shape index (κ1) is 30.8. The van der Waals surface area contributed by atoms with Crippen molar-refractivity contribution in [2.45, 2.75) is 19.3 Å². The minimum absolute atomic E-state index is 0.114. The monoisotopic (exact) mass is 692 g/mol. The summed E-state index contributed by atoms with van der Waals surface area (Å²) >= 11 is 0. The molecule has 2 heterocycles.